The normalized spacial score (nSPS) is 12.2. The van der Waals surface area contributed by atoms with Gasteiger partial charge in [0.15, 0.2) is 0 Å². The fourth-order valence-corrected chi connectivity index (χ4v) is 2.51. The van der Waals surface area contributed by atoms with E-state index in [2.05, 4.69) is 0 Å². The van der Waals surface area contributed by atoms with Gasteiger partial charge >= 0.3 is 5.97 Å². The number of halogens is 3. The summed E-state index contributed by atoms with van der Waals surface area (Å²) in [6, 6.07) is 10.7. The second kappa shape index (κ2) is 6.25. The molecular weight excluding hydrogens is 302 g/mol. The van der Waals surface area contributed by atoms with Crippen molar-refractivity contribution in [1.29, 1.82) is 0 Å². The number of hydrogen-bond donors (Lipinski definition) is 1. The molecule has 0 saturated carbocycles. The molecule has 0 heterocycles. The summed E-state index contributed by atoms with van der Waals surface area (Å²) in [4.78, 5) is 11.5. The molecule has 0 bridgehead atoms. The van der Waals surface area contributed by atoms with Crippen molar-refractivity contribution < 1.29 is 14.3 Å². The fraction of sp³-hybridized carbons (Fsp3) is 0.133. The highest BCUT2D eigenvalue weighted by Gasteiger charge is 2.23. The molecular formula is C15H11Cl2FO2. The Bertz CT molecular complexity index is 644. The van der Waals surface area contributed by atoms with Crippen LogP contribution in [0.2, 0.25) is 10.0 Å². The van der Waals surface area contributed by atoms with Gasteiger partial charge in [0, 0.05) is 10.0 Å². The summed E-state index contributed by atoms with van der Waals surface area (Å²) in [5.74, 6) is -2.28. The molecule has 0 saturated heterocycles. The first kappa shape index (κ1) is 14.8. The molecule has 5 heteroatoms. The Hall–Kier alpha value is -1.58. The van der Waals surface area contributed by atoms with E-state index in [0.29, 0.717) is 16.1 Å². The zero-order valence-corrected chi connectivity index (χ0v) is 11.8. The van der Waals surface area contributed by atoms with Crippen molar-refractivity contribution in [1.82, 2.24) is 0 Å². The molecule has 2 nitrogen and oxygen atoms in total. The number of rotatable bonds is 4. The first-order valence-corrected chi connectivity index (χ1v) is 6.66. The predicted molar refractivity (Wildman–Crippen MR) is 76.9 cm³/mol. The van der Waals surface area contributed by atoms with Gasteiger partial charge in [0.05, 0.1) is 5.92 Å². The first-order chi connectivity index (χ1) is 9.49. The Labute approximate surface area is 125 Å². The standard InChI is InChI=1S/C15H11Cl2FO2/c16-13-4-2-1-3-11(13)12(15(19)20)7-9-5-6-10(18)8-14(9)17/h1-6,8,12H,7H2,(H,19,20). The summed E-state index contributed by atoms with van der Waals surface area (Å²) in [6.45, 7) is 0. The highest BCUT2D eigenvalue weighted by molar-refractivity contribution is 6.32. The van der Waals surface area contributed by atoms with Crippen LogP contribution in [-0.2, 0) is 11.2 Å². The number of benzene rings is 2. The van der Waals surface area contributed by atoms with E-state index in [4.69, 9.17) is 23.2 Å². The SMILES string of the molecule is O=C(O)C(Cc1ccc(F)cc1Cl)c1ccccc1Cl. The van der Waals surface area contributed by atoms with E-state index < -0.39 is 17.7 Å². The summed E-state index contributed by atoms with van der Waals surface area (Å²) in [5, 5.41) is 9.98. The molecule has 104 valence electrons. The van der Waals surface area contributed by atoms with Gasteiger partial charge in [-0.3, -0.25) is 4.79 Å². The highest BCUT2D eigenvalue weighted by atomic mass is 35.5. The number of hydrogen-bond acceptors (Lipinski definition) is 1. The highest BCUT2D eigenvalue weighted by Crippen LogP contribution is 2.30. The molecule has 1 unspecified atom stereocenters. The molecule has 0 aliphatic rings. The smallest absolute Gasteiger partial charge is 0.311 e. The molecule has 0 aliphatic heterocycles. The molecule has 0 amide bonds. The van der Waals surface area contributed by atoms with Gasteiger partial charge in [0.1, 0.15) is 5.82 Å². The van der Waals surface area contributed by atoms with Crippen molar-refractivity contribution in [2.75, 3.05) is 0 Å². The average Bonchev–Trinajstić information content (AvgIpc) is 2.39. The van der Waals surface area contributed by atoms with Gasteiger partial charge in [-0.15, -0.1) is 0 Å². The second-order valence-electron chi connectivity index (χ2n) is 4.35. The van der Waals surface area contributed by atoms with Gasteiger partial charge in [-0.2, -0.15) is 0 Å². The first-order valence-electron chi connectivity index (χ1n) is 5.90. The van der Waals surface area contributed by atoms with Gasteiger partial charge in [0.25, 0.3) is 0 Å². The van der Waals surface area contributed by atoms with E-state index in [0.717, 1.165) is 0 Å². The quantitative estimate of drug-likeness (QED) is 0.899. The maximum Gasteiger partial charge on any atom is 0.311 e. The Balaban J connectivity index is 2.36. The summed E-state index contributed by atoms with van der Waals surface area (Å²) >= 11 is 12.0. The summed E-state index contributed by atoms with van der Waals surface area (Å²) in [6.07, 6.45) is 0.151. The number of carbonyl (C=O) groups is 1. The lowest BCUT2D eigenvalue weighted by Gasteiger charge is -2.15. The van der Waals surface area contributed by atoms with E-state index >= 15 is 0 Å². The zero-order valence-electron chi connectivity index (χ0n) is 10.3. The topological polar surface area (TPSA) is 37.3 Å². The molecule has 0 aliphatic carbocycles. The molecule has 2 aromatic rings. The minimum Gasteiger partial charge on any atom is -0.481 e. The van der Waals surface area contributed by atoms with Crippen molar-refractivity contribution in [3.8, 4) is 0 Å². The van der Waals surface area contributed by atoms with Crippen LogP contribution in [0.4, 0.5) is 4.39 Å². The monoisotopic (exact) mass is 312 g/mol. The maximum atomic E-state index is 13.0. The summed E-state index contributed by atoms with van der Waals surface area (Å²) in [7, 11) is 0. The number of aliphatic carboxylic acids is 1. The average molecular weight is 313 g/mol. The predicted octanol–water partition coefficient (Wildman–Crippen LogP) is 4.54. The molecule has 20 heavy (non-hydrogen) atoms. The van der Waals surface area contributed by atoms with Gasteiger partial charge in [0.2, 0.25) is 0 Å². The molecule has 0 spiro atoms. The third-order valence-electron chi connectivity index (χ3n) is 3.02. The van der Waals surface area contributed by atoms with Crippen molar-refractivity contribution in [2.24, 2.45) is 0 Å². The minimum absolute atomic E-state index is 0.151. The Kier molecular flexibility index (Phi) is 4.63. The summed E-state index contributed by atoms with van der Waals surface area (Å²) < 4.78 is 13.0. The molecule has 2 aromatic carbocycles. The number of carboxylic acids is 1. The minimum atomic E-state index is -1.00. The molecule has 2 rings (SSSR count). The molecule has 0 fully saturated rings. The maximum absolute atomic E-state index is 13.0. The van der Waals surface area contributed by atoms with Crippen LogP contribution in [0.25, 0.3) is 0 Å². The van der Waals surface area contributed by atoms with Crippen LogP contribution >= 0.6 is 23.2 Å². The van der Waals surface area contributed by atoms with Gasteiger partial charge in [-0.05, 0) is 35.7 Å². The van der Waals surface area contributed by atoms with E-state index in [1.54, 1.807) is 24.3 Å². The van der Waals surface area contributed by atoms with Gasteiger partial charge in [-0.25, -0.2) is 4.39 Å². The molecule has 1 atom stereocenters. The van der Waals surface area contributed by atoms with Crippen molar-refractivity contribution >= 4 is 29.2 Å². The van der Waals surface area contributed by atoms with Crippen LogP contribution in [0.1, 0.15) is 17.0 Å². The lowest BCUT2D eigenvalue weighted by atomic mass is 9.92. The van der Waals surface area contributed by atoms with E-state index in [9.17, 15) is 14.3 Å². The largest absolute Gasteiger partial charge is 0.481 e. The Morgan fingerprint density at radius 3 is 2.45 bits per heavy atom. The fourth-order valence-electron chi connectivity index (χ4n) is 2.00. The second-order valence-corrected chi connectivity index (χ2v) is 5.17. The van der Waals surface area contributed by atoms with Gasteiger partial charge < -0.3 is 5.11 Å². The van der Waals surface area contributed by atoms with E-state index in [1.165, 1.54) is 18.2 Å². The van der Waals surface area contributed by atoms with Crippen LogP contribution in [0.15, 0.2) is 42.5 Å². The Morgan fingerprint density at radius 1 is 1.15 bits per heavy atom. The van der Waals surface area contributed by atoms with Crippen LogP contribution < -0.4 is 0 Å². The molecule has 1 N–H and O–H groups in total. The van der Waals surface area contributed by atoms with E-state index in [-0.39, 0.29) is 11.4 Å². The zero-order chi connectivity index (χ0) is 14.7. The van der Waals surface area contributed by atoms with E-state index in [1.807, 2.05) is 0 Å². The van der Waals surface area contributed by atoms with Gasteiger partial charge in [-0.1, -0.05) is 47.5 Å². The third-order valence-corrected chi connectivity index (χ3v) is 3.71. The Morgan fingerprint density at radius 2 is 1.85 bits per heavy atom. The lowest BCUT2D eigenvalue weighted by Crippen LogP contribution is -2.15. The lowest BCUT2D eigenvalue weighted by molar-refractivity contribution is -0.138. The van der Waals surface area contributed by atoms with Crippen molar-refractivity contribution in [2.45, 2.75) is 12.3 Å². The third kappa shape index (κ3) is 3.30. The van der Waals surface area contributed by atoms with Crippen LogP contribution in [-0.4, -0.2) is 11.1 Å². The summed E-state index contributed by atoms with van der Waals surface area (Å²) in [5.41, 5.74) is 1.09. The number of carboxylic acid groups (broad SMARTS) is 1. The van der Waals surface area contributed by atoms with Crippen molar-refractivity contribution in [3.05, 3.63) is 69.5 Å². The molecule has 0 aromatic heterocycles. The van der Waals surface area contributed by atoms with Crippen LogP contribution in [0.5, 0.6) is 0 Å². The van der Waals surface area contributed by atoms with Crippen molar-refractivity contribution in [3.63, 3.8) is 0 Å². The van der Waals surface area contributed by atoms with Crippen LogP contribution in [0, 0.1) is 5.82 Å². The molecule has 0 radical (unpaired) electrons. The van der Waals surface area contributed by atoms with Crippen LogP contribution in [0.3, 0.4) is 0 Å².